The lowest BCUT2D eigenvalue weighted by Gasteiger charge is -2.11. The zero-order valence-corrected chi connectivity index (χ0v) is 8.45. The van der Waals surface area contributed by atoms with Crippen LogP contribution in [-0.4, -0.2) is 16.1 Å². The average molecular weight is 215 g/mol. The van der Waals surface area contributed by atoms with Gasteiger partial charge in [0.1, 0.15) is 5.15 Å². The topological polar surface area (TPSA) is 76.2 Å². The first-order valence-corrected chi connectivity index (χ1v) is 4.58. The summed E-state index contributed by atoms with van der Waals surface area (Å²) in [4.78, 5) is 14.7. The Labute approximate surface area is 86.7 Å². The first-order chi connectivity index (χ1) is 6.56. The van der Waals surface area contributed by atoms with Gasteiger partial charge in [0.05, 0.1) is 5.56 Å². The van der Waals surface area contributed by atoms with Gasteiger partial charge in [-0.25, -0.2) is 9.78 Å². The molecule has 1 rings (SSSR count). The van der Waals surface area contributed by atoms with Gasteiger partial charge in [0.2, 0.25) is 0 Å². The molecule has 14 heavy (non-hydrogen) atoms. The fourth-order valence-electron chi connectivity index (χ4n) is 1.14. The smallest absolute Gasteiger partial charge is 0.336 e. The number of halogens is 1. The number of pyridine rings is 1. The molecule has 0 spiro atoms. The van der Waals surface area contributed by atoms with Gasteiger partial charge < -0.3 is 10.8 Å². The van der Waals surface area contributed by atoms with Crippen molar-refractivity contribution in [2.75, 3.05) is 0 Å². The van der Waals surface area contributed by atoms with Crippen molar-refractivity contribution in [2.45, 2.75) is 19.4 Å². The van der Waals surface area contributed by atoms with Crippen LogP contribution in [0.25, 0.3) is 0 Å². The summed E-state index contributed by atoms with van der Waals surface area (Å²) >= 11 is 5.59. The lowest BCUT2D eigenvalue weighted by Crippen LogP contribution is -2.14. The predicted molar refractivity (Wildman–Crippen MR) is 53.4 cm³/mol. The molecule has 0 bridgehead atoms. The third-order valence-electron chi connectivity index (χ3n) is 1.97. The predicted octanol–water partition coefficient (Wildman–Crippen LogP) is 1.84. The first-order valence-electron chi connectivity index (χ1n) is 4.20. The number of nitrogens with two attached hydrogens (primary N) is 1. The lowest BCUT2D eigenvalue weighted by molar-refractivity contribution is 0.0695. The minimum absolute atomic E-state index is 0.124. The number of rotatable bonds is 3. The molecule has 4 nitrogen and oxygen atoms in total. The summed E-state index contributed by atoms with van der Waals surface area (Å²) in [7, 11) is 0. The van der Waals surface area contributed by atoms with Crippen LogP contribution in [0, 0.1) is 0 Å². The molecular weight excluding hydrogens is 204 g/mol. The minimum atomic E-state index is -1.03. The van der Waals surface area contributed by atoms with Crippen LogP contribution < -0.4 is 5.73 Å². The van der Waals surface area contributed by atoms with E-state index in [1.54, 1.807) is 0 Å². The van der Waals surface area contributed by atoms with Crippen molar-refractivity contribution >= 4 is 17.6 Å². The number of carboxylic acid groups (broad SMARTS) is 1. The molecule has 3 N–H and O–H groups in total. The van der Waals surface area contributed by atoms with E-state index in [1.165, 1.54) is 12.3 Å². The van der Waals surface area contributed by atoms with Crippen molar-refractivity contribution in [1.82, 2.24) is 4.98 Å². The second-order valence-corrected chi connectivity index (χ2v) is 3.30. The zero-order chi connectivity index (χ0) is 10.7. The highest BCUT2D eigenvalue weighted by atomic mass is 35.5. The molecule has 0 aliphatic rings. The van der Waals surface area contributed by atoms with E-state index >= 15 is 0 Å². The third-order valence-corrected chi connectivity index (χ3v) is 2.18. The molecule has 0 amide bonds. The lowest BCUT2D eigenvalue weighted by atomic mass is 10.0. The molecule has 0 aliphatic heterocycles. The van der Waals surface area contributed by atoms with Gasteiger partial charge in [-0.3, -0.25) is 0 Å². The van der Waals surface area contributed by atoms with E-state index in [1.807, 2.05) is 6.92 Å². The van der Waals surface area contributed by atoms with Gasteiger partial charge in [-0.05, 0) is 12.5 Å². The number of carboxylic acids is 1. The Hall–Kier alpha value is -1.13. The summed E-state index contributed by atoms with van der Waals surface area (Å²) in [5, 5.41) is 9.05. The Morgan fingerprint density at radius 1 is 1.79 bits per heavy atom. The van der Waals surface area contributed by atoms with E-state index in [4.69, 9.17) is 22.4 Å². The van der Waals surface area contributed by atoms with Gasteiger partial charge in [-0.1, -0.05) is 18.5 Å². The molecule has 5 heteroatoms. The maximum Gasteiger partial charge on any atom is 0.336 e. The quantitative estimate of drug-likeness (QED) is 0.753. The summed E-state index contributed by atoms with van der Waals surface area (Å²) in [6.45, 7) is 1.88. The second kappa shape index (κ2) is 4.39. The highest BCUT2D eigenvalue weighted by Crippen LogP contribution is 2.20. The highest BCUT2D eigenvalue weighted by molar-refractivity contribution is 6.29. The van der Waals surface area contributed by atoms with Crippen molar-refractivity contribution < 1.29 is 9.90 Å². The van der Waals surface area contributed by atoms with Gasteiger partial charge in [0.15, 0.2) is 0 Å². The van der Waals surface area contributed by atoms with E-state index in [-0.39, 0.29) is 16.8 Å². The second-order valence-electron chi connectivity index (χ2n) is 2.91. The summed E-state index contributed by atoms with van der Waals surface area (Å²) in [5.74, 6) is -1.03. The molecule has 0 aliphatic carbocycles. The zero-order valence-electron chi connectivity index (χ0n) is 7.70. The molecular formula is C9H11ClN2O2. The summed E-state index contributed by atoms with van der Waals surface area (Å²) in [5.41, 5.74) is 6.38. The Kier molecular flexibility index (Phi) is 3.43. The van der Waals surface area contributed by atoms with Crippen LogP contribution in [0.3, 0.4) is 0 Å². The van der Waals surface area contributed by atoms with E-state index in [0.29, 0.717) is 12.0 Å². The number of carbonyl (C=O) groups is 1. The first kappa shape index (κ1) is 10.9. The van der Waals surface area contributed by atoms with Crippen LogP contribution in [0.15, 0.2) is 12.3 Å². The minimum Gasteiger partial charge on any atom is -0.478 e. The van der Waals surface area contributed by atoms with E-state index in [9.17, 15) is 4.79 Å². The molecule has 0 saturated heterocycles. The van der Waals surface area contributed by atoms with Crippen molar-refractivity contribution in [3.8, 4) is 0 Å². The highest BCUT2D eigenvalue weighted by Gasteiger charge is 2.15. The number of nitrogens with zero attached hydrogens (tertiary/aromatic N) is 1. The monoisotopic (exact) mass is 214 g/mol. The Morgan fingerprint density at radius 3 is 2.93 bits per heavy atom. The van der Waals surface area contributed by atoms with Gasteiger partial charge in [-0.15, -0.1) is 0 Å². The van der Waals surface area contributed by atoms with Crippen LogP contribution in [0.2, 0.25) is 5.15 Å². The number of hydrogen-bond acceptors (Lipinski definition) is 3. The van der Waals surface area contributed by atoms with Crippen LogP contribution in [0.1, 0.15) is 35.3 Å². The molecule has 1 atom stereocenters. The van der Waals surface area contributed by atoms with Gasteiger partial charge in [0, 0.05) is 17.8 Å². The Morgan fingerprint density at radius 2 is 2.43 bits per heavy atom. The van der Waals surface area contributed by atoms with E-state index < -0.39 is 5.97 Å². The van der Waals surface area contributed by atoms with Gasteiger partial charge in [0.25, 0.3) is 0 Å². The maximum absolute atomic E-state index is 10.9. The summed E-state index contributed by atoms with van der Waals surface area (Å²) in [6, 6.07) is 1.00. The average Bonchev–Trinajstić information content (AvgIpc) is 2.16. The molecule has 0 aromatic carbocycles. The fourth-order valence-corrected chi connectivity index (χ4v) is 1.30. The van der Waals surface area contributed by atoms with Crippen LogP contribution in [-0.2, 0) is 0 Å². The van der Waals surface area contributed by atoms with Crippen LogP contribution in [0.4, 0.5) is 0 Å². The van der Waals surface area contributed by atoms with Crippen molar-refractivity contribution in [2.24, 2.45) is 5.73 Å². The molecule has 0 fully saturated rings. The normalized spacial score (nSPS) is 12.5. The van der Waals surface area contributed by atoms with Crippen molar-refractivity contribution in [3.63, 3.8) is 0 Å². The Balaban J connectivity index is 3.21. The molecule has 1 aromatic heterocycles. The largest absolute Gasteiger partial charge is 0.478 e. The summed E-state index contributed by atoms with van der Waals surface area (Å²) in [6.07, 6.45) is 2.07. The number of aromatic nitrogens is 1. The van der Waals surface area contributed by atoms with Crippen LogP contribution in [0.5, 0.6) is 0 Å². The van der Waals surface area contributed by atoms with E-state index in [0.717, 1.165) is 0 Å². The number of hydrogen-bond donors (Lipinski definition) is 2. The SMILES string of the molecule is CCC(N)c1cnc(Cl)cc1C(=O)O. The third kappa shape index (κ3) is 2.21. The molecule has 0 saturated carbocycles. The molecule has 0 radical (unpaired) electrons. The molecule has 1 aromatic rings. The van der Waals surface area contributed by atoms with Gasteiger partial charge in [-0.2, -0.15) is 0 Å². The molecule has 76 valence electrons. The van der Waals surface area contributed by atoms with Gasteiger partial charge >= 0.3 is 5.97 Å². The summed E-state index contributed by atoms with van der Waals surface area (Å²) < 4.78 is 0. The Bertz CT molecular complexity index is 355. The fraction of sp³-hybridized carbons (Fsp3) is 0.333. The van der Waals surface area contributed by atoms with Crippen molar-refractivity contribution in [3.05, 3.63) is 28.5 Å². The molecule has 1 heterocycles. The van der Waals surface area contributed by atoms with Crippen LogP contribution >= 0.6 is 11.6 Å². The van der Waals surface area contributed by atoms with E-state index in [2.05, 4.69) is 4.98 Å². The maximum atomic E-state index is 10.9. The number of aromatic carboxylic acids is 1. The van der Waals surface area contributed by atoms with Crippen molar-refractivity contribution in [1.29, 1.82) is 0 Å². The molecule has 1 unspecified atom stereocenters. The standard InChI is InChI=1S/C9H11ClN2O2/c1-2-7(11)6-4-12-8(10)3-5(6)9(13)14/h3-4,7H,2,11H2,1H3,(H,13,14).